The molecule has 6 N–H and O–H groups in total. The molecule has 0 unspecified atom stereocenters. The first-order valence-corrected chi connectivity index (χ1v) is 2.99. The molecule has 0 amide bonds. The molecule has 0 radical (unpaired) electrons. The molecule has 0 aliphatic rings. The third-order valence-electron chi connectivity index (χ3n) is 0.531. The minimum absolute atomic E-state index is 0.127. The second kappa shape index (κ2) is 7.93. The average Bonchev–Trinajstić information content (AvgIpc) is 1.97. The van der Waals surface area contributed by atoms with Crippen molar-refractivity contribution >= 4 is 5.96 Å². The van der Waals surface area contributed by atoms with Gasteiger partial charge in [-0.1, -0.05) is 0 Å². The summed E-state index contributed by atoms with van der Waals surface area (Å²) >= 11 is 4.24. The Morgan fingerprint density at radius 3 is 2.00 bits per heavy atom. The summed E-state index contributed by atoms with van der Waals surface area (Å²) in [7, 11) is 0. The molecule has 86 valence electrons. The van der Waals surface area contributed by atoms with Crippen LogP contribution in [-0.4, -0.2) is 26.4 Å². The molecule has 0 aromatic rings. The summed E-state index contributed by atoms with van der Waals surface area (Å²) in [6, 6.07) is 0. The van der Waals surface area contributed by atoms with Gasteiger partial charge in [0.15, 0.2) is 0 Å². The van der Waals surface area contributed by atoms with Gasteiger partial charge in [-0.15, -0.1) is 10.1 Å². The molecular formula is CH6CuN7O5. The van der Waals surface area contributed by atoms with Crippen molar-refractivity contribution in [2.24, 2.45) is 5.73 Å². The first kappa shape index (κ1) is 14.8. The third kappa shape index (κ3) is 10.3. The summed E-state index contributed by atoms with van der Waals surface area (Å²) in [6.07, 6.45) is 0. The molecular weight excluding hydrogens is 254 g/mol. The van der Waals surface area contributed by atoms with Gasteiger partial charge in [-0.3, -0.25) is 0 Å². The van der Waals surface area contributed by atoms with Crippen LogP contribution in [-0.2, 0) is 16.2 Å². The third-order valence-corrected chi connectivity index (χ3v) is 0.636. The maximum atomic E-state index is 9.89. The van der Waals surface area contributed by atoms with Crippen molar-refractivity contribution in [1.29, 1.82) is 5.41 Å². The van der Waals surface area contributed by atoms with E-state index in [0.717, 1.165) is 0 Å². The molecule has 0 aromatic heterocycles. The average molecular weight is 260 g/mol. The summed E-state index contributed by atoms with van der Waals surface area (Å²) in [5.41, 5.74) is 6.56. The Hall–Kier alpha value is -1.69. The zero-order valence-corrected chi connectivity index (χ0v) is 7.24. The number of nitrogens with one attached hydrogen (secondary N) is 3. The second-order valence-corrected chi connectivity index (χ2v) is 1.60. The largest absolute Gasteiger partial charge is 0.328 e. The molecule has 0 saturated heterocycles. The minimum Gasteiger partial charge on any atom is -0.328 e. The van der Waals surface area contributed by atoms with Crippen LogP contribution in [0, 0.1) is 25.6 Å². The molecule has 0 bridgehead atoms. The Labute approximate surface area is 84.7 Å². The summed E-state index contributed by atoms with van der Waals surface area (Å²) in [5.74, 6) is -0.765. The van der Waals surface area contributed by atoms with Crippen molar-refractivity contribution in [3.8, 4) is 0 Å². The Kier molecular flexibility index (Phi) is 8.39. The molecule has 0 aliphatic carbocycles. The van der Waals surface area contributed by atoms with Crippen molar-refractivity contribution in [2.75, 3.05) is 0 Å². The summed E-state index contributed by atoms with van der Waals surface area (Å²) in [6.45, 7) is 0. The van der Waals surface area contributed by atoms with Gasteiger partial charge in [-0.2, -0.15) is 0 Å². The van der Waals surface area contributed by atoms with Crippen LogP contribution in [0.25, 0.3) is 0 Å². The quantitative estimate of drug-likeness (QED) is 0.120. The van der Waals surface area contributed by atoms with Gasteiger partial charge in [-0.25, -0.2) is 0 Å². The van der Waals surface area contributed by atoms with Gasteiger partial charge in [0.2, 0.25) is 0 Å². The normalized spacial score (nSPS) is 8.14. The van der Waals surface area contributed by atoms with Gasteiger partial charge in [0, 0.05) is 0 Å². The Bertz CT molecular complexity index is 200. The first-order valence-electron chi connectivity index (χ1n) is 2.52. The molecule has 12 nitrogen and oxygen atoms in total. The topological polar surface area (TPSA) is 184 Å². The van der Waals surface area contributed by atoms with E-state index < -0.39 is 16.1 Å². The molecule has 0 spiro atoms. The second-order valence-electron chi connectivity index (χ2n) is 1.36. The van der Waals surface area contributed by atoms with Crippen LogP contribution in [0.15, 0.2) is 0 Å². The zero-order valence-electron chi connectivity index (χ0n) is 6.30. The van der Waals surface area contributed by atoms with Crippen LogP contribution in [0.4, 0.5) is 0 Å². The van der Waals surface area contributed by atoms with E-state index >= 15 is 0 Å². The first-order chi connectivity index (χ1) is 6.32. The Morgan fingerprint density at radius 1 is 1.57 bits per heavy atom. The Morgan fingerprint density at radius 2 is 1.93 bits per heavy atom. The van der Waals surface area contributed by atoms with Crippen molar-refractivity contribution in [2.45, 2.75) is 0 Å². The van der Waals surface area contributed by atoms with Crippen LogP contribution in [0.3, 0.4) is 0 Å². The Balaban J connectivity index is 0. The molecule has 14 heavy (non-hydrogen) atoms. The van der Waals surface area contributed by atoms with E-state index in [2.05, 4.69) is 16.2 Å². The maximum absolute atomic E-state index is 9.89. The predicted molar refractivity (Wildman–Crippen MR) is 35.8 cm³/mol. The monoisotopic (exact) mass is 259 g/mol. The van der Waals surface area contributed by atoms with Crippen LogP contribution < -0.4 is 15.7 Å². The fourth-order valence-corrected chi connectivity index (χ4v) is 0.321. The standard InChI is InChI=1S/CH5N6O2.Cu.HNO3/c2-1(3)6(5-4)7(8)9;;2-1(3)4/h4-5H,(H3,2,3);;(H,2,3,4)/q-1;+1;. The van der Waals surface area contributed by atoms with E-state index in [-0.39, 0.29) is 5.12 Å². The summed E-state index contributed by atoms with van der Waals surface area (Å²) in [5, 5.41) is 29.3. The fraction of sp³-hybridized carbons (Fsp3) is 0. The van der Waals surface area contributed by atoms with E-state index in [1.807, 2.05) is 5.53 Å². The number of nitrogens with zero attached hydrogens (tertiary/aromatic N) is 3. The van der Waals surface area contributed by atoms with Crippen molar-refractivity contribution in [1.82, 2.24) is 15.1 Å². The molecule has 0 fully saturated rings. The fourth-order valence-electron chi connectivity index (χ4n) is 0.221. The van der Waals surface area contributed by atoms with Gasteiger partial charge in [0.1, 0.15) is 0 Å². The number of hydrazine groups is 3. The number of nitro groups is 1. The predicted octanol–water partition coefficient (Wildman–Crippen LogP) is -2.50. The summed E-state index contributed by atoms with van der Waals surface area (Å²) < 4.78 is 1.81. The minimum atomic E-state index is -1.50. The molecule has 0 atom stereocenters. The van der Waals surface area contributed by atoms with E-state index in [1.165, 1.54) is 0 Å². The van der Waals surface area contributed by atoms with E-state index in [9.17, 15) is 10.1 Å². The van der Waals surface area contributed by atoms with Gasteiger partial charge >= 0.3 is 63.6 Å². The van der Waals surface area contributed by atoms with Crippen LogP contribution >= 0.6 is 0 Å². The maximum Gasteiger partial charge on any atom is 0.291 e. The number of hydrogen-bond acceptors (Lipinski definition) is 7. The van der Waals surface area contributed by atoms with Crippen LogP contribution in [0.5, 0.6) is 0 Å². The molecule has 13 heteroatoms. The smallest absolute Gasteiger partial charge is 0.291 e. The van der Waals surface area contributed by atoms with Crippen LogP contribution in [0.1, 0.15) is 0 Å². The molecule has 0 aromatic carbocycles. The number of hydrogen-bond donors (Lipinski definition) is 5. The molecule has 0 heterocycles. The van der Waals surface area contributed by atoms with Gasteiger partial charge < -0.3 is 5.21 Å². The van der Waals surface area contributed by atoms with Crippen molar-refractivity contribution in [3.63, 3.8) is 0 Å². The van der Waals surface area contributed by atoms with Crippen LogP contribution in [0.2, 0.25) is 0 Å². The summed E-state index contributed by atoms with van der Waals surface area (Å²) in [4.78, 5) is 18.3. The van der Waals surface area contributed by atoms with Gasteiger partial charge in [0.25, 0.3) is 5.09 Å². The molecule has 0 saturated carbocycles. The number of nitrogens with two attached hydrogens (primary N) is 1. The van der Waals surface area contributed by atoms with Gasteiger partial charge in [-0.05, 0) is 0 Å². The molecule has 0 rings (SSSR count). The number of rotatable bonds is 3. The van der Waals surface area contributed by atoms with Gasteiger partial charge in [0.05, 0.1) is 0 Å². The van der Waals surface area contributed by atoms with E-state index in [4.69, 9.17) is 26.5 Å². The zero-order chi connectivity index (χ0) is 11.7. The number of guanidine groups is 1. The van der Waals surface area contributed by atoms with Crippen molar-refractivity contribution < 1.29 is 31.6 Å². The van der Waals surface area contributed by atoms with E-state index in [0.29, 0.717) is 0 Å². The van der Waals surface area contributed by atoms with E-state index in [1.54, 1.807) is 4.44 Å². The molecule has 0 aliphatic heterocycles. The van der Waals surface area contributed by atoms with Crippen molar-refractivity contribution in [3.05, 3.63) is 20.2 Å². The SMILES string of the molecule is N=C(N)N(N[NH][Cu])[N+](=O)[O-].O=[N+]([O-])O.